The van der Waals surface area contributed by atoms with Crippen LogP contribution in [0.4, 0.5) is 0 Å². The average Bonchev–Trinajstić information content (AvgIpc) is 3.48. The summed E-state index contributed by atoms with van der Waals surface area (Å²) in [5.74, 6) is 0.313. The highest BCUT2D eigenvalue weighted by atomic mass is 16.5. The van der Waals surface area contributed by atoms with Crippen LogP contribution in [0.25, 0.3) is 0 Å². The molecule has 0 spiro atoms. The Kier molecular flexibility index (Phi) is 7.00. The molecule has 0 amide bonds. The van der Waals surface area contributed by atoms with E-state index in [0.717, 1.165) is 55.2 Å². The number of aromatic hydroxyl groups is 1. The number of ether oxygens (including phenoxy) is 3. The number of phenolic OH excluding ortho intramolecular Hbond substituents is 1. The predicted molar refractivity (Wildman–Crippen MR) is 123 cm³/mol. The van der Waals surface area contributed by atoms with E-state index in [1.807, 2.05) is 12.1 Å². The molecule has 4 heteroatoms. The van der Waals surface area contributed by atoms with Crippen molar-refractivity contribution in [3.63, 3.8) is 0 Å². The molecule has 0 aliphatic heterocycles. The van der Waals surface area contributed by atoms with Crippen molar-refractivity contribution in [1.82, 2.24) is 0 Å². The first-order chi connectivity index (χ1) is 14.8. The minimum absolute atomic E-state index is 0.0264. The zero-order chi connectivity index (χ0) is 22.0. The normalized spacial score (nSPS) is 24.1. The molecule has 3 aliphatic carbocycles. The van der Waals surface area contributed by atoms with Crippen molar-refractivity contribution in [2.75, 3.05) is 0 Å². The molecule has 0 unspecified atom stereocenters. The molecule has 4 rings (SSSR count). The molecular formula is C27H42O4. The molecule has 0 heterocycles. The summed E-state index contributed by atoms with van der Waals surface area (Å²) in [7, 11) is 0. The molecule has 4 nitrogen and oxygen atoms in total. The van der Waals surface area contributed by atoms with Gasteiger partial charge in [0.1, 0.15) is 5.75 Å². The van der Waals surface area contributed by atoms with Crippen molar-refractivity contribution in [2.45, 2.75) is 134 Å². The van der Waals surface area contributed by atoms with Gasteiger partial charge in [0, 0.05) is 5.56 Å². The zero-order valence-corrected chi connectivity index (χ0v) is 19.9. The quantitative estimate of drug-likeness (QED) is 0.461. The molecule has 174 valence electrons. The Labute approximate surface area is 188 Å². The van der Waals surface area contributed by atoms with Gasteiger partial charge >= 0.3 is 0 Å². The molecule has 3 aliphatic rings. The van der Waals surface area contributed by atoms with Crippen molar-refractivity contribution in [1.29, 1.82) is 0 Å². The molecule has 0 bridgehead atoms. The van der Waals surface area contributed by atoms with Gasteiger partial charge in [0.15, 0.2) is 0 Å². The minimum atomic E-state index is -0.0776. The van der Waals surface area contributed by atoms with Gasteiger partial charge in [-0.1, -0.05) is 44.6 Å². The Hall–Kier alpha value is -1.10. The fourth-order valence-corrected chi connectivity index (χ4v) is 5.75. The lowest BCUT2D eigenvalue weighted by atomic mass is 9.99. The predicted octanol–water partition coefficient (Wildman–Crippen LogP) is 6.94. The van der Waals surface area contributed by atoms with Crippen LogP contribution in [0.15, 0.2) is 12.1 Å². The smallest absolute Gasteiger partial charge is 0.121 e. The molecule has 1 N–H and O–H groups in total. The highest BCUT2D eigenvalue weighted by Crippen LogP contribution is 2.39. The van der Waals surface area contributed by atoms with E-state index in [4.69, 9.17) is 14.2 Å². The summed E-state index contributed by atoms with van der Waals surface area (Å²) in [5.41, 5.74) is 2.91. The molecule has 3 fully saturated rings. The van der Waals surface area contributed by atoms with Crippen molar-refractivity contribution in [3.05, 3.63) is 28.8 Å². The standard InChI is InChI=1S/C27H42O4/c1-25(12-4-5-13-25)29-18-21-10-11-24(28)23(20-31-27(3)16-8-9-17-27)22(21)19-30-26(2)14-6-7-15-26/h10-11,28H,4-9,12-20H2,1-3H3. The molecule has 0 atom stereocenters. The van der Waals surface area contributed by atoms with Gasteiger partial charge in [0.2, 0.25) is 0 Å². The second-order valence-electron chi connectivity index (χ2n) is 11.0. The maximum Gasteiger partial charge on any atom is 0.121 e. The fraction of sp³-hybridized carbons (Fsp3) is 0.778. The summed E-state index contributed by atoms with van der Waals surface area (Å²) in [5, 5.41) is 10.8. The average molecular weight is 431 g/mol. The van der Waals surface area contributed by atoms with Gasteiger partial charge in [-0.15, -0.1) is 0 Å². The van der Waals surface area contributed by atoms with E-state index < -0.39 is 0 Å². The topological polar surface area (TPSA) is 47.9 Å². The van der Waals surface area contributed by atoms with Crippen LogP contribution >= 0.6 is 0 Å². The van der Waals surface area contributed by atoms with E-state index >= 15 is 0 Å². The SMILES string of the molecule is CC1(OCc2ccc(O)c(COC3(C)CCCC3)c2COC2(C)CCCC2)CCCC1. The Morgan fingerprint density at radius 1 is 0.613 bits per heavy atom. The summed E-state index contributed by atoms with van der Waals surface area (Å²) in [4.78, 5) is 0. The Bertz CT molecular complexity index is 738. The largest absolute Gasteiger partial charge is 0.508 e. The van der Waals surface area contributed by atoms with Gasteiger partial charge in [-0.3, -0.25) is 0 Å². The highest BCUT2D eigenvalue weighted by Gasteiger charge is 2.33. The van der Waals surface area contributed by atoms with Crippen LogP contribution in [-0.4, -0.2) is 21.9 Å². The molecule has 0 saturated heterocycles. The second kappa shape index (κ2) is 9.41. The summed E-state index contributed by atoms with van der Waals surface area (Å²) < 4.78 is 19.3. The van der Waals surface area contributed by atoms with Crippen LogP contribution in [0.3, 0.4) is 0 Å². The first kappa shape index (κ1) is 23.1. The van der Waals surface area contributed by atoms with Gasteiger partial charge in [-0.25, -0.2) is 0 Å². The van der Waals surface area contributed by atoms with E-state index in [0.29, 0.717) is 25.6 Å². The number of rotatable bonds is 9. The third-order valence-corrected chi connectivity index (χ3v) is 8.19. The van der Waals surface area contributed by atoms with Crippen LogP contribution in [-0.2, 0) is 34.0 Å². The summed E-state index contributed by atoms with van der Waals surface area (Å²) >= 11 is 0. The Morgan fingerprint density at radius 2 is 1.00 bits per heavy atom. The molecule has 0 radical (unpaired) electrons. The number of phenols is 1. The van der Waals surface area contributed by atoms with E-state index in [2.05, 4.69) is 20.8 Å². The molecule has 1 aromatic carbocycles. The van der Waals surface area contributed by atoms with Crippen LogP contribution in [0.1, 0.15) is 115 Å². The van der Waals surface area contributed by atoms with E-state index in [1.165, 1.54) is 38.5 Å². The highest BCUT2D eigenvalue weighted by molar-refractivity contribution is 5.44. The van der Waals surface area contributed by atoms with Gasteiger partial charge in [-0.05, 0) is 76.5 Å². The molecule has 0 aromatic heterocycles. The first-order valence-electron chi connectivity index (χ1n) is 12.5. The number of hydrogen-bond donors (Lipinski definition) is 1. The molecule has 31 heavy (non-hydrogen) atoms. The van der Waals surface area contributed by atoms with Gasteiger partial charge in [0.25, 0.3) is 0 Å². The fourth-order valence-electron chi connectivity index (χ4n) is 5.75. The van der Waals surface area contributed by atoms with Crippen LogP contribution in [0.2, 0.25) is 0 Å². The van der Waals surface area contributed by atoms with Crippen LogP contribution in [0.5, 0.6) is 5.75 Å². The summed E-state index contributed by atoms with van der Waals surface area (Å²) in [6.07, 6.45) is 14.1. The van der Waals surface area contributed by atoms with Gasteiger partial charge in [0.05, 0.1) is 36.6 Å². The first-order valence-corrected chi connectivity index (χ1v) is 12.5. The van der Waals surface area contributed by atoms with Crippen molar-refractivity contribution < 1.29 is 19.3 Å². The number of benzene rings is 1. The lowest BCUT2D eigenvalue weighted by Gasteiger charge is -2.29. The maximum atomic E-state index is 10.8. The Balaban J connectivity index is 1.54. The molecule has 1 aromatic rings. The third kappa shape index (κ3) is 5.64. The Morgan fingerprint density at radius 3 is 1.45 bits per heavy atom. The third-order valence-electron chi connectivity index (χ3n) is 8.19. The van der Waals surface area contributed by atoms with Gasteiger partial charge < -0.3 is 19.3 Å². The van der Waals surface area contributed by atoms with Crippen molar-refractivity contribution in [3.8, 4) is 5.75 Å². The second-order valence-corrected chi connectivity index (χ2v) is 11.0. The molecular weight excluding hydrogens is 388 g/mol. The summed E-state index contributed by atoms with van der Waals surface area (Å²) in [6.45, 7) is 8.19. The number of hydrogen-bond acceptors (Lipinski definition) is 4. The van der Waals surface area contributed by atoms with Crippen molar-refractivity contribution in [2.24, 2.45) is 0 Å². The minimum Gasteiger partial charge on any atom is -0.508 e. The maximum absolute atomic E-state index is 10.8. The van der Waals surface area contributed by atoms with Crippen molar-refractivity contribution >= 4 is 0 Å². The van der Waals surface area contributed by atoms with Crippen LogP contribution < -0.4 is 0 Å². The van der Waals surface area contributed by atoms with Crippen LogP contribution in [0, 0.1) is 0 Å². The lowest BCUT2D eigenvalue weighted by Crippen LogP contribution is -2.27. The van der Waals surface area contributed by atoms with E-state index in [1.54, 1.807) is 0 Å². The lowest BCUT2D eigenvalue weighted by molar-refractivity contribution is -0.0513. The van der Waals surface area contributed by atoms with E-state index in [9.17, 15) is 5.11 Å². The van der Waals surface area contributed by atoms with Gasteiger partial charge in [-0.2, -0.15) is 0 Å². The monoisotopic (exact) mass is 430 g/mol. The summed E-state index contributed by atoms with van der Waals surface area (Å²) in [6, 6.07) is 3.83. The molecule has 3 saturated carbocycles. The van der Waals surface area contributed by atoms with E-state index in [-0.39, 0.29) is 16.8 Å². The zero-order valence-electron chi connectivity index (χ0n) is 19.9.